The van der Waals surface area contributed by atoms with Crippen LogP contribution in [0.2, 0.25) is 0 Å². The number of terminal acetylenes is 1. The third-order valence-electron chi connectivity index (χ3n) is 6.70. The number of methoxy groups -OCH3 is 1. The lowest BCUT2D eigenvalue weighted by Crippen LogP contribution is -2.08. The van der Waals surface area contributed by atoms with Crippen molar-refractivity contribution in [1.82, 2.24) is 0 Å². The molecule has 0 aromatic heterocycles. The Labute approximate surface area is 192 Å². The van der Waals surface area contributed by atoms with Crippen LogP contribution < -0.4 is 0 Å². The molecule has 0 saturated heterocycles. The Morgan fingerprint density at radius 2 is 1.20 bits per heavy atom. The van der Waals surface area contributed by atoms with Gasteiger partial charge in [-0.25, -0.2) is 0 Å². The fraction of sp³-hybridized carbons (Fsp3) is 0.931. The molecule has 2 aliphatic rings. The number of rotatable bonds is 11. The topological polar surface area (TPSA) is 9.23 Å². The van der Waals surface area contributed by atoms with E-state index in [2.05, 4.69) is 30.9 Å². The van der Waals surface area contributed by atoms with E-state index >= 15 is 0 Å². The van der Waals surface area contributed by atoms with Crippen LogP contribution in [0.5, 0.6) is 0 Å². The van der Waals surface area contributed by atoms with Crippen molar-refractivity contribution in [3.63, 3.8) is 0 Å². The first kappa shape index (κ1) is 31.7. The summed E-state index contributed by atoms with van der Waals surface area (Å²) in [5, 5.41) is 0. The van der Waals surface area contributed by atoms with Crippen LogP contribution in [0.4, 0.5) is 0 Å². The quantitative estimate of drug-likeness (QED) is 0.238. The van der Waals surface area contributed by atoms with E-state index in [1.807, 2.05) is 13.8 Å². The van der Waals surface area contributed by atoms with Crippen molar-refractivity contribution >= 4 is 0 Å². The molecule has 0 heterocycles. The lowest BCUT2D eigenvalue weighted by molar-refractivity contribution is 0.277. The number of ether oxygens (including phenoxy) is 1. The predicted octanol–water partition coefficient (Wildman–Crippen LogP) is 9.69. The van der Waals surface area contributed by atoms with Gasteiger partial charge in [-0.2, -0.15) is 0 Å². The fourth-order valence-electron chi connectivity index (χ4n) is 5.23. The summed E-state index contributed by atoms with van der Waals surface area (Å²) in [5.41, 5.74) is 0. The first-order valence-electron chi connectivity index (χ1n) is 13.4. The van der Waals surface area contributed by atoms with Crippen molar-refractivity contribution in [3.05, 3.63) is 0 Å². The highest BCUT2D eigenvalue weighted by molar-refractivity contribution is 4.85. The zero-order chi connectivity index (χ0) is 23.0. The van der Waals surface area contributed by atoms with E-state index in [1.165, 1.54) is 64.2 Å². The molecule has 1 heteroatoms. The summed E-state index contributed by atoms with van der Waals surface area (Å²) < 4.78 is 4.25. The average molecular weight is 423 g/mol. The van der Waals surface area contributed by atoms with Crippen LogP contribution in [-0.2, 0) is 4.74 Å². The number of hydrogen-bond donors (Lipinski definition) is 0. The Balaban J connectivity index is 0. The van der Waals surface area contributed by atoms with Crippen LogP contribution in [0.1, 0.15) is 137 Å². The molecule has 2 saturated carbocycles. The largest absolute Gasteiger partial charge is 0.388 e. The molecular formula is C29H58O. The van der Waals surface area contributed by atoms with Crippen LogP contribution in [0.15, 0.2) is 0 Å². The number of hydrogen-bond acceptors (Lipinski definition) is 1. The van der Waals surface area contributed by atoms with Gasteiger partial charge in [0.05, 0.1) is 0 Å². The Morgan fingerprint density at radius 3 is 1.67 bits per heavy atom. The Morgan fingerprint density at radius 1 is 0.767 bits per heavy atom. The summed E-state index contributed by atoms with van der Waals surface area (Å²) in [7, 11) is 3.25. The van der Waals surface area contributed by atoms with Crippen molar-refractivity contribution in [2.24, 2.45) is 23.7 Å². The summed E-state index contributed by atoms with van der Waals surface area (Å²) in [6, 6.07) is 0. The average Bonchev–Trinajstić information content (AvgIpc) is 3.38. The first-order chi connectivity index (χ1) is 14.6. The molecule has 0 aromatic carbocycles. The second-order valence-corrected chi connectivity index (χ2v) is 9.43. The minimum atomic E-state index is 1.03. The molecule has 0 spiro atoms. The molecule has 1 nitrogen and oxygen atoms in total. The maximum atomic E-state index is 4.60. The zero-order valence-corrected chi connectivity index (χ0v) is 22.1. The molecule has 2 unspecified atom stereocenters. The van der Waals surface area contributed by atoms with Gasteiger partial charge in [0.25, 0.3) is 0 Å². The van der Waals surface area contributed by atoms with Gasteiger partial charge < -0.3 is 4.74 Å². The summed E-state index contributed by atoms with van der Waals surface area (Å²) in [4.78, 5) is 0. The van der Waals surface area contributed by atoms with Gasteiger partial charge in [0.15, 0.2) is 0 Å². The van der Waals surface area contributed by atoms with Gasteiger partial charge in [0, 0.05) is 14.2 Å². The lowest BCUT2D eigenvalue weighted by atomic mass is 9.87. The normalized spacial score (nSPS) is 24.5. The third kappa shape index (κ3) is 18.3. The highest BCUT2D eigenvalue weighted by atomic mass is 16.4. The van der Waals surface area contributed by atoms with Crippen LogP contribution >= 0.6 is 0 Å². The van der Waals surface area contributed by atoms with Gasteiger partial charge in [-0.15, -0.1) is 12.3 Å². The smallest absolute Gasteiger partial charge is 0.0351 e. The van der Waals surface area contributed by atoms with Crippen molar-refractivity contribution in [1.29, 1.82) is 0 Å². The summed E-state index contributed by atoms with van der Waals surface area (Å²) in [6.07, 6.45) is 28.8. The maximum Gasteiger partial charge on any atom is 0.0351 e. The predicted molar refractivity (Wildman–Crippen MR) is 138 cm³/mol. The summed E-state index contributed by atoms with van der Waals surface area (Å²) >= 11 is 0. The van der Waals surface area contributed by atoms with Gasteiger partial charge in [0.2, 0.25) is 0 Å². The van der Waals surface area contributed by atoms with Crippen LogP contribution in [0.3, 0.4) is 0 Å². The maximum absolute atomic E-state index is 4.60. The first-order valence-corrected chi connectivity index (χ1v) is 13.4. The summed E-state index contributed by atoms with van der Waals surface area (Å²) in [5.74, 6) is 6.61. The van der Waals surface area contributed by atoms with Gasteiger partial charge in [-0.1, -0.05) is 105 Å². The van der Waals surface area contributed by atoms with Crippen LogP contribution in [-0.4, -0.2) is 14.2 Å². The van der Waals surface area contributed by atoms with E-state index in [0.29, 0.717) is 0 Å². The molecule has 4 atom stereocenters. The van der Waals surface area contributed by atoms with E-state index in [-0.39, 0.29) is 0 Å². The van der Waals surface area contributed by atoms with E-state index < -0.39 is 0 Å². The van der Waals surface area contributed by atoms with Crippen molar-refractivity contribution in [3.8, 4) is 12.3 Å². The van der Waals surface area contributed by atoms with E-state index in [9.17, 15) is 0 Å². The molecule has 0 amide bonds. The minimum Gasteiger partial charge on any atom is -0.388 e. The molecule has 2 rings (SSSR count). The van der Waals surface area contributed by atoms with Gasteiger partial charge in [0.1, 0.15) is 0 Å². The molecule has 2 aliphatic carbocycles. The second-order valence-electron chi connectivity index (χ2n) is 9.43. The molecule has 30 heavy (non-hydrogen) atoms. The van der Waals surface area contributed by atoms with E-state index in [0.717, 1.165) is 23.7 Å². The second kappa shape index (κ2) is 24.8. The monoisotopic (exact) mass is 422 g/mol. The molecule has 0 radical (unpaired) electrons. The van der Waals surface area contributed by atoms with Gasteiger partial charge >= 0.3 is 0 Å². The molecule has 0 bridgehead atoms. The molecule has 0 aromatic rings. The Hall–Kier alpha value is -0.480. The van der Waals surface area contributed by atoms with E-state index in [4.69, 9.17) is 0 Å². The Kier molecular flexibility index (Phi) is 26.2. The van der Waals surface area contributed by atoms with Crippen molar-refractivity contribution in [2.45, 2.75) is 137 Å². The minimum absolute atomic E-state index is 1.03. The zero-order valence-electron chi connectivity index (χ0n) is 22.1. The van der Waals surface area contributed by atoms with Crippen molar-refractivity contribution < 1.29 is 4.74 Å². The number of unbranched alkanes of at least 4 members (excludes halogenated alkanes) is 8. The van der Waals surface area contributed by atoms with Gasteiger partial charge in [-0.05, 0) is 56.3 Å². The highest BCUT2D eigenvalue weighted by Gasteiger charge is 2.33. The molecule has 0 N–H and O–H groups in total. The van der Waals surface area contributed by atoms with Crippen LogP contribution in [0.25, 0.3) is 0 Å². The molecule has 0 aliphatic heterocycles. The Bertz CT molecular complexity index is 356. The molecular weight excluding hydrogens is 364 g/mol. The van der Waals surface area contributed by atoms with E-state index in [1.54, 1.807) is 59.7 Å². The lowest BCUT2D eigenvalue weighted by Gasteiger charge is -2.18. The standard InChI is InChI=1S/C22H42.C3H4.C2H6O.C2H6/c1-3-4-5-6-7-8-9-10-11-12-20-14-16-22(18-20)21-15-13-19(2)17-21;2*1-3-2;1-2/h19-22H,3-18H2,1-2H3;1H,2H3;1-2H3;1-2H3/t19-,20?,21?,22-;;;/m1.../s1. The fourth-order valence-corrected chi connectivity index (χ4v) is 5.23. The van der Waals surface area contributed by atoms with Crippen molar-refractivity contribution in [2.75, 3.05) is 14.2 Å². The van der Waals surface area contributed by atoms with Gasteiger partial charge in [-0.3, -0.25) is 0 Å². The highest BCUT2D eigenvalue weighted by Crippen LogP contribution is 2.45. The SMILES string of the molecule is C#CC.CC.CCCCCCCCCCCC1CC[C@@H](C2CC[C@@H](C)C2)C1.COC. The molecule has 2 fully saturated rings. The van der Waals surface area contributed by atoms with Crippen LogP contribution in [0, 0.1) is 36.0 Å². The third-order valence-corrected chi connectivity index (χ3v) is 6.70. The summed E-state index contributed by atoms with van der Waals surface area (Å²) in [6.45, 7) is 10.4. The molecule has 180 valence electrons.